The maximum Gasteiger partial charge on any atom is 0.278 e. The van der Waals surface area contributed by atoms with Gasteiger partial charge < -0.3 is 10.2 Å². The van der Waals surface area contributed by atoms with Gasteiger partial charge in [-0.2, -0.15) is 4.99 Å². The van der Waals surface area contributed by atoms with Crippen LogP contribution >= 0.6 is 23.3 Å². The summed E-state index contributed by atoms with van der Waals surface area (Å²) in [5.74, 6) is -0.266. The lowest BCUT2D eigenvalue weighted by atomic mass is 10.1. The van der Waals surface area contributed by atoms with E-state index < -0.39 is 0 Å². The maximum absolute atomic E-state index is 12.5. The molecule has 3 rings (SSSR count). The molecule has 0 saturated carbocycles. The Labute approximate surface area is 198 Å². The largest absolute Gasteiger partial charge is 0.388 e. The lowest BCUT2D eigenvalue weighted by molar-refractivity contribution is 0.100. The smallest absolute Gasteiger partial charge is 0.278 e. The molecule has 0 saturated heterocycles. The van der Waals surface area contributed by atoms with Crippen molar-refractivity contribution in [2.75, 3.05) is 26.5 Å². The van der Waals surface area contributed by atoms with Crippen molar-refractivity contribution in [1.82, 2.24) is 14.6 Å². The number of hydrogen-bond donors (Lipinski definition) is 2. The molecular weight excluding hydrogens is 438 g/mol. The van der Waals surface area contributed by atoms with E-state index in [0.29, 0.717) is 5.56 Å². The number of aliphatic imine (C=N–C) groups is 1. The highest BCUT2D eigenvalue weighted by Crippen LogP contribution is 2.38. The van der Waals surface area contributed by atoms with Crippen LogP contribution in [-0.2, 0) is 0 Å². The highest BCUT2D eigenvalue weighted by atomic mass is 32.2. The van der Waals surface area contributed by atoms with Crippen molar-refractivity contribution in [3.8, 4) is 21.0 Å². The van der Waals surface area contributed by atoms with Crippen LogP contribution < -0.4 is 10.0 Å². The van der Waals surface area contributed by atoms with Crippen molar-refractivity contribution in [2.24, 2.45) is 4.99 Å². The molecule has 1 aromatic heterocycles. The van der Waals surface area contributed by atoms with Gasteiger partial charge in [-0.3, -0.25) is 9.52 Å². The van der Waals surface area contributed by atoms with E-state index in [4.69, 9.17) is 0 Å². The summed E-state index contributed by atoms with van der Waals surface area (Å²) >= 11 is 3.16. The van der Waals surface area contributed by atoms with Gasteiger partial charge in [0.1, 0.15) is 5.01 Å². The van der Waals surface area contributed by atoms with Crippen molar-refractivity contribution < 1.29 is 4.79 Å². The second-order valence-corrected chi connectivity index (χ2v) is 10.4. The third kappa shape index (κ3) is 6.41. The molecule has 2 aromatic carbocycles. The van der Waals surface area contributed by atoms with Gasteiger partial charge in [0.25, 0.3) is 5.91 Å². The zero-order valence-electron chi connectivity index (χ0n) is 19.3. The van der Waals surface area contributed by atoms with Gasteiger partial charge in [0.05, 0.1) is 11.2 Å². The number of anilines is 1. The number of benzene rings is 2. The molecule has 1 heterocycles. The Bertz CT molecular complexity index is 1100. The predicted octanol–water partition coefficient (Wildman–Crippen LogP) is 5.64. The average Bonchev–Trinajstić information content (AvgIpc) is 3.25. The number of carbonyl (C=O) groups excluding carboxylic acids is 1. The molecule has 0 radical (unpaired) electrons. The summed E-state index contributed by atoms with van der Waals surface area (Å²) in [6, 6.07) is 13.9. The normalized spacial score (nSPS) is 11.7. The molecule has 0 bridgehead atoms. The summed E-state index contributed by atoms with van der Waals surface area (Å²) in [5, 5.41) is 4.09. The van der Waals surface area contributed by atoms with E-state index >= 15 is 0 Å². The molecule has 32 heavy (non-hydrogen) atoms. The number of rotatable bonds is 7. The van der Waals surface area contributed by atoms with Crippen LogP contribution in [0.3, 0.4) is 0 Å². The minimum atomic E-state index is -0.266. The molecule has 0 atom stereocenters. The van der Waals surface area contributed by atoms with Crippen molar-refractivity contribution in [3.05, 3.63) is 54.2 Å². The molecule has 0 unspecified atom stereocenters. The first-order valence-corrected chi connectivity index (χ1v) is 11.9. The second kappa shape index (κ2) is 10.3. The third-order valence-electron chi connectivity index (χ3n) is 4.29. The monoisotopic (exact) mass is 467 g/mol. The fourth-order valence-corrected chi connectivity index (χ4v) is 4.62. The number of nitrogens with zero attached hydrogens (tertiary/aromatic N) is 3. The van der Waals surface area contributed by atoms with Gasteiger partial charge >= 0.3 is 0 Å². The fraction of sp³-hybridized carbons (Fsp3) is 0.292. The third-order valence-corrected chi connectivity index (χ3v) is 6.65. The highest BCUT2D eigenvalue weighted by molar-refractivity contribution is 7.97. The van der Waals surface area contributed by atoms with E-state index in [0.717, 1.165) is 31.6 Å². The summed E-state index contributed by atoms with van der Waals surface area (Å²) in [6.07, 6.45) is 3.42. The molecule has 0 aliphatic heterocycles. The Morgan fingerprint density at radius 2 is 1.88 bits per heavy atom. The zero-order chi connectivity index (χ0) is 23.3. The lowest BCUT2D eigenvalue weighted by Gasteiger charge is -2.20. The van der Waals surface area contributed by atoms with Gasteiger partial charge in [0, 0.05) is 60.2 Å². The predicted molar refractivity (Wildman–Crippen MR) is 138 cm³/mol. The summed E-state index contributed by atoms with van der Waals surface area (Å²) in [7, 11) is 5.58. The molecule has 8 heteroatoms. The number of aromatic nitrogens is 1. The van der Waals surface area contributed by atoms with E-state index in [1.165, 1.54) is 18.3 Å². The van der Waals surface area contributed by atoms with Crippen LogP contribution in [-0.4, -0.2) is 48.8 Å². The van der Waals surface area contributed by atoms with Crippen LogP contribution in [0, 0.1) is 0 Å². The summed E-state index contributed by atoms with van der Waals surface area (Å²) in [5.41, 5.74) is 3.65. The van der Waals surface area contributed by atoms with Crippen LogP contribution in [0.4, 0.5) is 5.69 Å². The first kappa shape index (κ1) is 24.0. The molecule has 0 spiro atoms. The Kier molecular flexibility index (Phi) is 7.71. The van der Waals surface area contributed by atoms with E-state index in [-0.39, 0.29) is 11.4 Å². The minimum absolute atomic E-state index is 0.0844. The maximum atomic E-state index is 12.5. The zero-order valence-corrected chi connectivity index (χ0v) is 20.9. The SMILES string of the molecule is CNc1ccc(-c2ncc(-c3ccc(C(=O)/N=C/N(C)C)cc3SNC(C)(C)C)s2)cc1. The topological polar surface area (TPSA) is 69.6 Å². The quantitative estimate of drug-likeness (QED) is 0.266. The number of hydrogen-bond acceptors (Lipinski definition) is 6. The molecule has 2 N–H and O–H groups in total. The van der Waals surface area contributed by atoms with E-state index in [9.17, 15) is 4.79 Å². The molecule has 1 amide bonds. The highest BCUT2D eigenvalue weighted by Gasteiger charge is 2.17. The van der Waals surface area contributed by atoms with Crippen molar-refractivity contribution >= 4 is 41.2 Å². The van der Waals surface area contributed by atoms with Gasteiger partial charge in [0.2, 0.25) is 0 Å². The Balaban J connectivity index is 1.95. The van der Waals surface area contributed by atoms with E-state index in [2.05, 4.69) is 52.9 Å². The fourth-order valence-electron chi connectivity index (χ4n) is 2.71. The van der Waals surface area contributed by atoms with Gasteiger partial charge in [-0.15, -0.1) is 11.3 Å². The van der Waals surface area contributed by atoms with E-state index in [1.54, 1.807) is 16.2 Å². The average molecular weight is 468 g/mol. The number of carbonyl (C=O) groups is 1. The molecular formula is C24H29N5OS2. The van der Waals surface area contributed by atoms with Crippen molar-refractivity contribution in [1.29, 1.82) is 0 Å². The molecule has 0 aliphatic carbocycles. The van der Waals surface area contributed by atoms with Crippen LogP contribution in [0.2, 0.25) is 0 Å². The van der Waals surface area contributed by atoms with Gasteiger partial charge in [-0.05, 0) is 69.1 Å². The second-order valence-electron chi connectivity index (χ2n) is 8.54. The Hall–Kier alpha value is -2.68. The first-order chi connectivity index (χ1) is 15.2. The lowest BCUT2D eigenvalue weighted by Crippen LogP contribution is -2.29. The number of amides is 1. The molecule has 0 fully saturated rings. The van der Waals surface area contributed by atoms with Crippen molar-refractivity contribution in [3.63, 3.8) is 0 Å². The molecule has 168 valence electrons. The number of thiazole rings is 1. The standard InChI is InChI=1S/C24H29N5OS2/c1-24(2,3)28-32-20-13-17(22(30)27-15-29(5)6)9-12-19(20)21-14-26-23(31-21)16-7-10-18(25-4)11-8-16/h7-15,25,28H,1-6H3/b27-15+. The summed E-state index contributed by atoms with van der Waals surface area (Å²) in [6.45, 7) is 6.32. The Morgan fingerprint density at radius 1 is 1.16 bits per heavy atom. The van der Waals surface area contributed by atoms with Crippen molar-refractivity contribution in [2.45, 2.75) is 31.2 Å². The van der Waals surface area contributed by atoms with Gasteiger partial charge in [0.15, 0.2) is 0 Å². The molecule has 0 aliphatic rings. The van der Waals surface area contributed by atoms with Gasteiger partial charge in [-0.1, -0.05) is 6.07 Å². The van der Waals surface area contributed by atoms with E-state index in [1.807, 2.05) is 57.7 Å². The van der Waals surface area contributed by atoms with Crippen LogP contribution in [0.1, 0.15) is 31.1 Å². The van der Waals surface area contributed by atoms with Crippen LogP contribution in [0.5, 0.6) is 0 Å². The van der Waals surface area contributed by atoms with Gasteiger partial charge in [-0.25, -0.2) is 4.98 Å². The Morgan fingerprint density at radius 3 is 2.50 bits per heavy atom. The molecule has 3 aromatic rings. The number of nitrogens with one attached hydrogen (secondary N) is 2. The van der Waals surface area contributed by atoms with Crippen LogP contribution in [0.15, 0.2) is 58.5 Å². The minimum Gasteiger partial charge on any atom is -0.388 e. The first-order valence-electron chi connectivity index (χ1n) is 10.2. The van der Waals surface area contributed by atoms with Crippen LogP contribution in [0.25, 0.3) is 21.0 Å². The summed E-state index contributed by atoms with van der Waals surface area (Å²) in [4.78, 5) is 24.9. The summed E-state index contributed by atoms with van der Waals surface area (Å²) < 4.78 is 3.45. The molecule has 6 nitrogen and oxygen atoms in total.